The molecule has 2 heterocycles. The molecule has 7 heteroatoms. The zero-order valence-corrected chi connectivity index (χ0v) is 16.9. The van der Waals surface area contributed by atoms with Gasteiger partial charge in [0.05, 0.1) is 13.2 Å². The summed E-state index contributed by atoms with van der Waals surface area (Å²) in [6.07, 6.45) is 1.77. The summed E-state index contributed by atoms with van der Waals surface area (Å²) in [5.41, 5.74) is 3.26. The van der Waals surface area contributed by atoms with Crippen molar-refractivity contribution >= 4 is 40.7 Å². The van der Waals surface area contributed by atoms with Crippen LogP contribution in [0.1, 0.15) is 5.56 Å². The molecule has 1 N–H and O–H groups in total. The van der Waals surface area contributed by atoms with Gasteiger partial charge in [-0.15, -0.1) is 11.6 Å². The van der Waals surface area contributed by atoms with Crippen LogP contribution < -0.4 is 10.2 Å². The lowest BCUT2D eigenvalue weighted by atomic mass is 10.2. The lowest BCUT2D eigenvalue weighted by Crippen LogP contribution is -2.36. The van der Waals surface area contributed by atoms with Crippen LogP contribution in [0.15, 0.2) is 70.7 Å². The van der Waals surface area contributed by atoms with Crippen molar-refractivity contribution in [1.29, 1.82) is 0 Å². The van der Waals surface area contributed by atoms with E-state index in [0.29, 0.717) is 11.8 Å². The van der Waals surface area contributed by atoms with Gasteiger partial charge < -0.3 is 15.0 Å². The van der Waals surface area contributed by atoms with Gasteiger partial charge >= 0.3 is 0 Å². The molecule has 1 fully saturated rings. The lowest BCUT2D eigenvalue weighted by molar-refractivity contribution is 0.122. The minimum Gasteiger partial charge on any atom is -0.378 e. The average molecular weight is 413 g/mol. The molecule has 3 aromatic rings. The van der Waals surface area contributed by atoms with Crippen LogP contribution in [0.2, 0.25) is 0 Å². The van der Waals surface area contributed by atoms with Gasteiger partial charge in [0.2, 0.25) is 5.95 Å². The van der Waals surface area contributed by atoms with Gasteiger partial charge in [0.1, 0.15) is 5.03 Å². The molecule has 0 spiro atoms. The maximum absolute atomic E-state index is 5.92. The van der Waals surface area contributed by atoms with Crippen LogP contribution >= 0.6 is 23.4 Å². The molecule has 1 aromatic heterocycles. The van der Waals surface area contributed by atoms with E-state index in [2.05, 4.69) is 56.6 Å². The third kappa shape index (κ3) is 4.95. The fourth-order valence-electron chi connectivity index (χ4n) is 2.98. The molecule has 0 atom stereocenters. The molecule has 1 aliphatic rings. The van der Waals surface area contributed by atoms with Crippen LogP contribution in [-0.2, 0) is 10.6 Å². The Bertz CT molecular complexity index is 916. The molecule has 28 heavy (non-hydrogen) atoms. The quantitative estimate of drug-likeness (QED) is 0.456. The molecule has 1 aliphatic heterocycles. The van der Waals surface area contributed by atoms with E-state index in [0.717, 1.165) is 47.5 Å². The predicted molar refractivity (Wildman–Crippen MR) is 115 cm³/mol. The molecule has 0 amide bonds. The molecule has 144 valence electrons. The van der Waals surface area contributed by atoms with Crippen LogP contribution in [0.3, 0.4) is 0 Å². The van der Waals surface area contributed by atoms with Gasteiger partial charge in [-0.2, -0.15) is 0 Å². The average Bonchev–Trinajstić information content (AvgIpc) is 2.75. The topological polar surface area (TPSA) is 50.3 Å². The first-order valence-electron chi connectivity index (χ1n) is 9.16. The number of morpholine rings is 1. The molecule has 0 unspecified atom stereocenters. The fourth-order valence-corrected chi connectivity index (χ4v) is 4.00. The molecule has 2 aromatic carbocycles. The summed E-state index contributed by atoms with van der Waals surface area (Å²) in [7, 11) is 0. The predicted octanol–water partition coefficient (Wildman–Crippen LogP) is 4.95. The number of hydrogen-bond donors (Lipinski definition) is 1. The summed E-state index contributed by atoms with van der Waals surface area (Å²) in [6, 6.07) is 18.4. The third-order valence-corrected chi connectivity index (χ3v) is 5.64. The summed E-state index contributed by atoms with van der Waals surface area (Å²) < 4.78 is 5.41. The Morgan fingerprint density at radius 1 is 1.07 bits per heavy atom. The van der Waals surface area contributed by atoms with Crippen molar-refractivity contribution in [1.82, 2.24) is 9.97 Å². The highest BCUT2D eigenvalue weighted by Crippen LogP contribution is 2.28. The van der Waals surface area contributed by atoms with Crippen LogP contribution in [-0.4, -0.2) is 36.3 Å². The standard InChI is InChI=1S/C21H21ClN4OS/c22-15-16-2-1-3-19(14-16)28-20-8-9-23-21(25-20)24-17-4-6-18(7-5-17)26-10-12-27-13-11-26/h1-9,14H,10-13,15H2,(H,23,24,25). The third-order valence-electron chi connectivity index (χ3n) is 4.40. The van der Waals surface area contributed by atoms with Crippen molar-refractivity contribution in [2.24, 2.45) is 0 Å². The van der Waals surface area contributed by atoms with Gasteiger partial charge in [0.15, 0.2) is 0 Å². The summed E-state index contributed by atoms with van der Waals surface area (Å²) in [6.45, 7) is 3.43. The van der Waals surface area contributed by atoms with Crippen LogP contribution in [0.5, 0.6) is 0 Å². The van der Waals surface area contributed by atoms with Crippen molar-refractivity contribution in [3.8, 4) is 0 Å². The molecule has 5 nitrogen and oxygen atoms in total. The second-order valence-corrected chi connectivity index (χ2v) is 7.73. The van der Waals surface area contributed by atoms with E-state index in [1.807, 2.05) is 18.2 Å². The Kier molecular flexibility index (Phi) is 6.31. The Morgan fingerprint density at radius 2 is 1.89 bits per heavy atom. The summed E-state index contributed by atoms with van der Waals surface area (Å²) in [5.74, 6) is 1.09. The second-order valence-electron chi connectivity index (χ2n) is 6.37. The summed E-state index contributed by atoms with van der Waals surface area (Å²) in [5, 5.41) is 4.17. The van der Waals surface area contributed by atoms with Gasteiger partial charge in [-0.05, 0) is 48.0 Å². The number of hydrogen-bond acceptors (Lipinski definition) is 6. The summed E-state index contributed by atoms with van der Waals surface area (Å²) >= 11 is 7.52. The van der Waals surface area contributed by atoms with Crippen molar-refractivity contribution in [2.45, 2.75) is 15.8 Å². The highest BCUT2D eigenvalue weighted by Gasteiger charge is 2.11. The Labute approximate surface area is 174 Å². The first-order chi connectivity index (χ1) is 13.8. The van der Waals surface area contributed by atoms with Gasteiger partial charge in [0.25, 0.3) is 0 Å². The maximum Gasteiger partial charge on any atom is 0.228 e. The minimum absolute atomic E-state index is 0.505. The molecule has 0 radical (unpaired) electrons. The van der Waals surface area contributed by atoms with E-state index in [1.54, 1.807) is 18.0 Å². The number of rotatable bonds is 6. The fraction of sp³-hybridized carbons (Fsp3) is 0.238. The van der Waals surface area contributed by atoms with E-state index in [-0.39, 0.29) is 0 Å². The lowest BCUT2D eigenvalue weighted by Gasteiger charge is -2.28. The molecule has 1 saturated heterocycles. The highest BCUT2D eigenvalue weighted by atomic mass is 35.5. The van der Waals surface area contributed by atoms with E-state index in [1.165, 1.54) is 5.69 Å². The van der Waals surface area contributed by atoms with E-state index in [4.69, 9.17) is 16.3 Å². The number of nitrogens with one attached hydrogen (secondary N) is 1. The molecule has 4 rings (SSSR count). The molecule has 0 bridgehead atoms. The van der Waals surface area contributed by atoms with E-state index < -0.39 is 0 Å². The number of nitrogens with zero attached hydrogens (tertiary/aromatic N) is 3. The number of benzene rings is 2. The first kappa shape index (κ1) is 19.1. The van der Waals surface area contributed by atoms with Crippen molar-refractivity contribution < 1.29 is 4.74 Å². The number of halogens is 1. The van der Waals surface area contributed by atoms with Crippen molar-refractivity contribution in [3.63, 3.8) is 0 Å². The van der Waals surface area contributed by atoms with Gasteiger partial charge in [-0.25, -0.2) is 9.97 Å². The Balaban J connectivity index is 1.42. The molecule has 0 aliphatic carbocycles. The number of ether oxygens (including phenoxy) is 1. The smallest absolute Gasteiger partial charge is 0.228 e. The summed E-state index contributed by atoms with van der Waals surface area (Å²) in [4.78, 5) is 12.4. The normalized spacial score (nSPS) is 14.1. The second kappa shape index (κ2) is 9.28. The van der Waals surface area contributed by atoms with Crippen LogP contribution in [0.25, 0.3) is 0 Å². The SMILES string of the molecule is ClCc1cccc(Sc2ccnc(Nc3ccc(N4CCOCC4)cc3)n2)c1. The van der Waals surface area contributed by atoms with Crippen LogP contribution in [0.4, 0.5) is 17.3 Å². The number of anilines is 3. The molecule has 0 saturated carbocycles. The minimum atomic E-state index is 0.505. The van der Waals surface area contributed by atoms with E-state index >= 15 is 0 Å². The van der Waals surface area contributed by atoms with Crippen molar-refractivity contribution in [2.75, 3.05) is 36.5 Å². The van der Waals surface area contributed by atoms with Gasteiger partial charge in [-0.1, -0.05) is 23.9 Å². The number of aromatic nitrogens is 2. The zero-order valence-electron chi connectivity index (χ0n) is 15.3. The Hall–Kier alpha value is -2.28. The maximum atomic E-state index is 5.92. The van der Waals surface area contributed by atoms with E-state index in [9.17, 15) is 0 Å². The van der Waals surface area contributed by atoms with Gasteiger partial charge in [0, 0.05) is 41.4 Å². The largest absolute Gasteiger partial charge is 0.378 e. The Morgan fingerprint density at radius 3 is 2.68 bits per heavy atom. The zero-order chi connectivity index (χ0) is 19.2. The monoisotopic (exact) mass is 412 g/mol. The number of alkyl halides is 1. The van der Waals surface area contributed by atoms with Crippen LogP contribution in [0, 0.1) is 0 Å². The molecular weight excluding hydrogens is 392 g/mol. The van der Waals surface area contributed by atoms with Crippen molar-refractivity contribution in [3.05, 3.63) is 66.4 Å². The highest BCUT2D eigenvalue weighted by molar-refractivity contribution is 7.99. The van der Waals surface area contributed by atoms with Gasteiger partial charge in [-0.3, -0.25) is 0 Å². The first-order valence-corrected chi connectivity index (χ1v) is 10.5. The molecular formula is C21H21ClN4OS.